The maximum absolute atomic E-state index is 12.3. The van der Waals surface area contributed by atoms with E-state index in [1.54, 1.807) is 13.0 Å². The lowest BCUT2D eigenvalue weighted by Gasteiger charge is -2.08. The van der Waals surface area contributed by atoms with Crippen LogP contribution in [0.15, 0.2) is 71.9 Å². The highest BCUT2D eigenvalue weighted by Gasteiger charge is 2.19. The lowest BCUT2D eigenvalue weighted by atomic mass is 10.1. The second kappa shape index (κ2) is 8.11. The quantitative estimate of drug-likeness (QED) is 0.319. The van der Waals surface area contributed by atoms with Crippen LogP contribution in [0.4, 0.5) is 0 Å². The van der Waals surface area contributed by atoms with Crippen molar-refractivity contribution in [3.63, 3.8) is 0 Å². The summed E-state index contributed by atoms with van der Waals surface area (Å²) in [6, 6.07) is 20.5. The Morgan fingerprint density at radius 1 is 1.12 bits per heavy atom. The van der Waals surface area contributed by atoms with Crippen LogP contribution in [-0.4, -0.2) is 33.3 Å². The van der Waals surface area contributed by atoms with Gasteiger partial charge < -0.3 is 9.94 Å². The zero-order valence-corrected chi connectivity index (χ0v) is 14.4. The molecule has 0 saturated carbocycles. The minimum Gasteiger partial charge on any atom is -0.461 e. The number of aromatic nitrogens is 2. The second-order valence-electron chi connectivity index (χ2n) is 5.57. The van der Waals surface area contributed by atoms with Gasteiger partial charge in [0.2, 0.25) is 0 Å². The molecule has 0 unspecified atom stereocenters. The van der Waals surface area contributed by atoms with Gasteiger partial charge in [-0.1, -0.05) is 65.8 Å². The summed E-state index contributed by atoms with van der Waals surface area (Å²) in [5.41, 5.74) is 3.00. The van der Waals surface area contributed by atoms with Gasteiger partial charge in [-0.25, -0.2) is 4.79 Å². The fraction of sp³-hybridized carbons (Fsp3) is 0.150. The van der Waals surface area contributed by atoms with E-state index < -0.39 is 5.97 Å². The Labute approximate surface area is 151 Å². The molecule has 0 amide bonds. The predicted octanol–water partition coefficient (Wildman–Crippen LogP) is 3.61. The highest BCUT2D eigenvalue weighted by atomic mass is 16.5. The van der Waals surface area contributed by atoms with Gasteiger partial charge >= 0.3 is 5.97 Å². The Bertz CT molecular complexity index is 903. The number of ether oxygens (including phenoxy) is 1. The second-order valence-corrected chi connectivity index (χ2v) is 5.57. The van der Waals surface area contributed by atoms with E-state index in [1.165, 1.54) is 4.68 Å². The maximum Gasteiger partial charge on any atom is 0.356 e. The number of hydrogen-bond donors (Lipinski definition) is 1. The topological polar surface area (TPSA) is 76.7 Å². The monoisotopic (exact) mass is 349 g/mol. The summed E-state index contributed by atoms with van der Waals surface area (Å²) in [7, 11) is 0. The summed E-state index contributed by atoms with van der Waals surface area (Å²) < 4.78 is 6.64. The normalized spacial score (nSPS) is 11.3. The maximum atomic E-state index is 12.3. The Morgan fingerprint density at radius 3 is 2.38 bits per heavy atom. The zero-order chi connectivity index (χ0) is 18.4. The summed E-state index contributed by atoms with van der Waals surface area (Å²) in [4.78, 5) is 12.3. The fourth-order valence-electron chi connectivity index (χ4n) is 2.61. The van der Waals surface area contributed by atoms with Crippen molar-refractivity contribution in [1.82, 2.24) is 9.78 Å². The van der Waals surface area contributed by atoms with Gasteiger partial charge in [0.25, 0.3) is 0 Å². The van der Waals surface area contributed by atoms with Crippen LogP contribution in [0, 0.1) is 0 Å². The molecule has 2 aromatic carbocycles. The number of esters is 1. The van der Waals surface area contributed by atoms with Crippen molar-refractivity contribution in [1.29, 1.82) is 0 Å². The van der Waals surface area contributed by atoms with Crippen LogP contribution in [0.2, 0.25) is 0 Å². The molecule has 0 bridgehead atoms. The summed E-state index contributed by atoms with van der Waals surface area (Å²) in [5.74, 6) is -0.465. The summed E-state index contributed by atoms with van der Waals surface area (Å²) in [6.07, 6.45) is 0. The van der Waals surface area contributed by atoms with Crippen LogP contribution in [0.25, 0.3) is 11.3 Å². The van der Waals surface area contributed by atoms with Gasteiger partial charge in [0.15, 0.2) is 0 Å². The molecule has 1 heterocycles. The van der Waals surface area contributed by atoms with E-state index in [9.17, 15) is 10.0 Å². The third-order valence-electron chi connectivity index (χ3n) is 3.86. The van der Waals surface area contributed by atoms with Gasteiger partial charge in [0.05, 0.1) is 18.8 Å². The zero-order valence-electron chi connectivity index (χ0n) is 14.4. The van der Waals surface area contributed by atoms with Crippen LogP contribution < -0.4 is 0 Å². The molecule has 3 rings (SSSR count). The third kappa shape index (κ3) is 3.80. The average molecular weight is 349 g/mol. The van der Waals surface area contributed by atoms with Crippen molar-refractivity contribution in [2.45, 2.75) is 13.5 Å². The van der Waals surface area contributed by atoms with Crippen LogP contribution in [-0.2, 0) is 11.3 Å². The molecule has 0 aliphatic carbocycles. The molecule has 0 fully saturated rings. The molecule has 0 atom stereocenters. The smallest absolute Gasteiger partial charge is 0.356 e. The van der Waals surface area contributed by atoms with Crippen molar-refractivity contribution in [3.05, 3.63) is 78.0 Å². The van der Waals surface area contributed by atoms with Crippen LogP contribution >= 0.6 is 0 Å². The van der Waals surface area contributed by atoms with E-state index in [1.807, 2.05) is 60.7 Å². The average Bonchev–Trinajstić information content (AvgIpc) is 3.12. The van der Waals surface area contributed by atoms with Crippen molar-refractivity contribution >= 4 is 11.7 Å². The van der Waals surface area contributed by atoms with E-state index in [4.69, 9.17) is 4.74 Å². The first-order chi connectivity index (χ1) is 12.7. The van der Waals surface area contributed by atoms with E-state index in [2.05, 4.69) is 10.3 Å². The van der Waals surface area contributed by atoms with Gasteiger partial charge in [0.1, 0.15) is 11.4 Å². The van der Waals surface area contributed by atoms with E-state index in [0.29, 0.717) is 17.1 Å². The molecular weight excluding hydrogens is 330 g/mol. The summed E-state index contributed by atoms with van der Waals surface area (Å²) in [6.45, 7) is 2.16. The Hall–Kier alpha value is -3.41. The minimum atomic E-state index is -0.465. The molecule has 0 spiro atoms. The van der Waals surface area contributed by atoms with Gasteiger partial charge in [-0.15, -0.1) is 0 Å². The molecule has 6 heteroatoms. The SMILES string of the molecule is CCOC(=O)c1cc(-c2ccccc2)nn1C/C(=N/O)c1ccccc1. The number of hydrogen-bond acceptors (Lipinski definition) is 5. The Morgan fingerprint density at radius 2 is 1.77 bits per heavy atom. The first kappa shape index (κ1) is 17.4. The van der Waals surface area contributed by atoms with Gasteiger partial charge in [-0.3, -0.25) is 4.68 Å². The molecule has 0 aliphatic heterocycles. The van der Waals surface area contributed by atoms with Crippen molar-refractivity contribution in [2.24, 2.45) is 5.16 Å². The Balaban J connectivity index is 1.99. The van der Waals surface area contributed by atoms with E-state index in [0.717, 1.165) is 11.1 Å². The highest BCUT2D eigenvalue weighted by Crippen LogP contribution is 2.20. The molecule has 26 heavy (non-hydrogen) atoms. The van der Waals surface area contributed by atoms with Crippen molar-refractivity contribution in [2.75, 3.05) is 6.61 Å². The van der Waals surface area contributed by atoms with Gasteiger partial charge in [0, 0.05) is 11.1 Å². The highest BCUT2D eigenvalue weighted by molar-refractivity contribution is 6.00. The van der Waals surface area contributed by atoms with Crippen LogP contribution in [0.1, 0.15) is 23.0 Å². The first-order valence-corrected chi connectivity index (χ1v) is 8.29. The lowest BCUT2D eigenvalue weighted by molar-refractivity contribution is 0.0513. The molecule has 1 N–H and O–H groups in total. The third-order valence-corrected chi connectivity index (χ3v) is 3.86. The molecule has 0 aliphatic rings. The number of nitrogens with zero attached hydrogens (tertiary/aromatic N) is 3. The number of oxime groups is 1. The molecule has 0 radical (unpaired) electrons. The van der Waals surface area contributed by atoms with Gasteiger partial charge in [-0.2, -0.15) is 5.10 Å². The fourth-order valence-corrected chi connectivity index (χ4v) is 2.61. The van der Waals surface area contributed by atoms with Crippen LogP contribution in [0.3, 0.4) is 0 Å². The summed E-state index contributed by atoms with van der Waals surface area (Å²) in [5, 5.41) is 17.3. The Kier molecular flexibility index (Phi) is 5.43. The first-order valence-electron chi connectivity index (χ1n) is 8.29. The summed E-state index contributed by atoms with van der Waals surface area (Å²) >= 11 is 0. The number of carbonyl (C=O) groups excluding carboxylic acids is 1. The largest absolute Gasteiger partial charge is 0.461 e. The van der Waals surface area contributed by atoms with Crippen molar-refractivity contribution in [3.8, 4) is 11.3 Å². The van der Waals surface area contributed by atoms with Crippen molar-refractivity contribution < 1.29 is 14.7 Å². The number of rotatable bonds is 6. The molecule has 3 aromatic rings. The van der Waals surface area contributed by atoms with Gasteiger partial charge in [-0.05, 0) is 13.0 Å². The van der Waals surface area contributed by atoms with Crippen LogP contribution in [0.5, 0.6) is 0 Å². The molecular formula is C20H19N3O3. The number of carbonyl (C=O) groups is 1. The minimum absolute atomic E-state index is 0.140. The number of benzene rings is 2. The lowest BCUT2D eigenvalue weighted by Crippen LogP contribution is -2.19. The molecule has 1 aromatic heterocycles. The molecule has 0 saturated heterocycles. The van der Waals surface area contributed by atoms with E-state index >= 15 is 0 Å². The predicted molar refractivity (Wildman–Crippen MR) is 98.4 cm³/mol. The molecule has 132 valence electrons. The molecule has 6 nitrogen and oxygen atoms in total. The van der Waals surface area contributed by atoms with E-state index in [-0.39, 0.29) is 13.2 Å². The standard InChI is InChI=1S/C20H19N3O3/c1-2-26-20(24)19-13-17(15-9-5-3-6-10-15)21-23(19)14-18(22-25)16-11-7-4-8-12-16/h3-13,25H,2,14H2,1H3/b22-18-.